The first kappa shape index (κ1) is 54.5. The van der Waals surface area contributed by atoms with E-state index in [9.17, 15) is 33.9 Å². The first-order valence-corrected chi connectivity index (χ1v) is 22.8. The monoisotopic (exact) mass is 922 g/mol. The van der Waals surface area contributed by atoms with Crippen LogP contribution in [-0.4, -0.2) is 129 Å². The molecule has 6 amide bonds. The summed E-state index contributed by atoms with van der Waals surface area (Å²) in [5.41, 5.74) is 19.4. The maximum Gasteiger partial charge on any atom is 0.247 e. The molecule has 1 aliphatic heterocycles. The minimum Gasteiger partial charge on any atom is -0.492 e. The summed E-state index contributed by atoms with van der Waals surface area (Å²) < 4.78 is 12.1. The number of carbonyl (C=O) groups excluding carboxylic acids is 6. The van der Waals surface area contributed by atoms with Crippen LogP contribution in [0, 0.1) is 11.3 Å². The third-order valence-corrected chi connectivity index (χ3v) is 11.0. The lowest BCUT2D eigenvalue weighted by Gasteiger charge is -2.33. The normalized spacial score (nSPS) is 18.0. The number of hydrogen-bond donors (Lipinski definition) is 10. The number of nitrogens with two attached hydrogens (primary N) is 3. The van der Waals surface area contributed by atoms with E-state index in [1.807, 2.05) is 6.07 Å². The maximum absolute atomic E-state index is 14.5. The van der Waals surface area contributed by atoms with E-state index in [0.29, 0.717) is 40.2 Å². The summed E-state index contributed by atoms with van der Waals surface area (Å²) in [6, 6.07) is 6.31. The average molecular weight is 922 g/mol. The predicted octanol–water partition coefficient (Wildman–Crippen LogP) is 0.100. The Bertz CT molecular complexity index is 1960. The van der Waals surface area contributed by atoms with Crippen LogP contribution in [0.25, 0.3) is 11.1 Å². The molecular weight excluding hydrogens is 851 g/mol. The number of aliphatic hydroxyl groups excluding tert-OH is 1. The van der Waals surface area contributed by atoms with Crippen LogP contribution < -0.4 is 58.6 Å². The van der Waals surface area contributed by atoms with Crippen molar-refractivity contribution in [2.75, 3.05) is 53.0 Å². The predicted molar refractivity (Wildman–Crippen MR) is 248 cm³/mol. The van der Waals surface area contributed by atoms with Crippen LogP contribution in [0.2, 0.25) is 0 Å². The number of nitrogens with zero attached hydrogens (tertiary/aromatic N) is 2. The third kappa shape index (κ3) is 17.2. The van der Waals surface area contributed by atoms with Crippen molar-refractivity contribution in [1.82, 2.24) is 36.8 Å². The molecule has 3 rings (SSSR count). The quantitative estimate of drug-likeness (QED) is 0.0467. The highest BCUT2D eigenvalue weighted by Crippen LogP contribution is 2.40. The number of rotatable bonds is 25. The molecule has 6 atom stereocenters. The van der Waals surface area contributed by atoms with E-state index < -0.39 is 72.5 Å². The van der Waals surface area contributed by atoms with Crippen molar-refractivity contribution in [3.63, 3.8) is 0 Å². The van der Waals surface area contributed by atoms with Crippen molar-refractivity contribution in [2.45, 2.75) is 121 Å². The Morgan fingerprint density at radius 1 is 0.894 bits per heavy atom. The van der Waals surface area contributed by atoms with Gasteiger partial charge in [-0.3, -0.25) is 34.1 Å². The van der Waals surface area contributed by atoms with Gasteiger partial charge in [-0.15, -0.1) is 0 Å². The largest absolute Gasteiger partial charge is 0.492 e. The van der Waals surface area contributed by atoms with Crippen LogP contribution in [0.5, 0.6) is 11.5 Å². The molecule has 0 saturated carbocycles. The number of likely N-dealkylation sites (N-methyl/N-ethyl adjacent to an activating group) is 1. The minimum atomic E-state index is -1.49. The minimum absolute atomic E-state index is 0.0349. The fourth-order valence-electron chi connectivity index (χ4n) is 7.41. The van der Waals surface area contributed by atoms with Crippen molar-refractivity contribution in [1.29, 1.82) is 5.26 Å². The molecule has 364 valence electrons. The lowest BCUT2D eigenvalue weighted by molar-refractivity contribution is -0.142. The van der Waals surface area contributed by atoms with Crippen molar-refractivity contribution in [3.8, 4) is 28.7 Å². The number of nitriles is 1. The van der Waals surface area contributed by atoms with Gasteiger partial charge >= 0.3 is 0 Å². The first-order valence-electron chi connectivity index (χ1n) is 22.8. The summed E-state index contributed by atoms with van der Waals surface area (Å²) in [7, 11) is 1.38. The van der Waals surface area contributed by atoms with Gasteiger partial charge in [-0.2, -0.15) is 5.26 Å². The molecule has 20 nitrogen and oxygen atoms in total. The number of amides is 6. The second-order valence-electron chi connectivity index (χ2n) is 16.3. The molecular formula is C46H71N11O9. The number of aliphatic hydroxyl groups is 1. The van der Waals surface area contributed by atoms with Crippen LogP contribution in [0.4, 0.5) is 0 Å². The fraction of sp³-hybridized carbons (Fsp3) is 0.587. The Morgan fingerprint density at radius 2 is 1.53 bits per heavy atom. The summed E-state index contributed by atoms with van der Waals surface area (Å²) in [6.07, 6.45) is 6.13. The van der Waals surface area contributed by atoms with E-state index in [4.69, 9.17) is 31.9 Å². The Labute approximate surface area is 387 Å². The zero-order valence-electron chi connectivity index (χ0n) is 38.8. The molecule has 2 aromatic rings. The van der Waals surface area contributed by atoms with Crippen molar-refractivity contribution in [3.05, 3.63) is 47.5 Å². The van der Waals surface area contributed by atoms with Gasteiger partial charge < -0.3 is 63.3 Å². The van der Waals surface area contributed by atoms with Crippen molar-refractivity contribution >= 4 is 35.4 Å². The molecule has 13 N–H and O–H groups in total. The standard InChI is InChI=1S/C46H71N11O9/c1-5-6-7-8-9-10-11-12-39(58)53-29(2)42(60)52-28-40(59)55-35(17-18-47)46(64)57(4)41-32-14-16-38(66-24-21-50)34(27-32)33-25-31(13-15-37(33)65-23-20-49)26-36(44(62)51-22-19-48)56-43(61)30(3)54-45(41)63/h13-16,25,27,29-30,35-36,41,43,56,61H,5-12,17-18,20-24,26,28,47,49-50H2,1-4H3,(H,51,62)(H,52,60)(H,53,58)(H,54,63)(H,55,59)/t29-,30+,35+,36+,41+,43?/m1/s1. The van der Waals surface area contributed by atoms with Crippen molar-refractivity contribution in [2.24, 2.45) is 17.2 Å². The molecule has 1 aliphatic rings. The average Bonchev–Trinajstić information content (AvgIpc) is 3.30. The number of nitrogens with one attached hydrogen (secondary N) is 6. The van der Waals surface area contributed by atoms with E-state index in [-0.39, 0.29) is 64.6 Å². The van der Waals surface area contributed by atoms with E-state index in [2.05, 4.69) is 38.8 Å². The van der Waals surface area contributed by atoms with E-state index >= 15 is 0 Å². The molecule has 66 heavy (non-hydrogen) atoms. The lowest BCUT2D eigenvalue weighted by atomic mass is 9.93. The Morgan fingerprint density at radius 3 is 2.17 bits per heavy atom. The SMILES string of the molecule is CCCCCCCCCC(=O)N[C@H](C)C(=O)NCC(=O)N[C@@H](CCN)C(=O)N(C)[C@@H]1C(=O)N[C@@H](C)C(O)N[C@H](C(=O)NCC#N)Cc2ccc(OCCN)c(c2)-c2cc1ccc2OCCN. The van der Waals surface area contributed by atoms with Gasteiger partial charge in [-0.05, 0) is 75.0 Å². The highest BCUT2D eigenvalue weighted by Gasteiger charge is 2.36. The van der Waals surface area contributed by atoms with Gasteiger partial charge in [-0.25, -0.2) is 0 Å². The number of carbonyl (C=O) groups is 6. The van der Waals surface area contributed by atoms with E-state index in [1.165, 1.54) is 33.7 Å². The van der Waals surface area contributed by atoms with Gasteiger partial charge in [0.15, 0.2) is 0 Å². The summed E-state index contributed by atoms with van der Waals surface area (Å²) in [4.78, 5) is 82.0. The number of fused-ring (bicyclic) bond motifs is 5. The molecule has 1 unspecified atom stereocenters. The van der Waals surface area contributed by atoms with E-state index in [1.54, 1.807) is 36.4 Å². The summed E-state index contributed by atoms with van der Waals surface area (Å²) in [5.74, 6) is -2.83. The Balaban J connectivity index is 1.95. The van der Waals surface area contributed by atoms with Crippen LogP contribution in [0.1, 0.15) is 95.7 Å². The number of benzene rings is 2. The number of unbranched alkanes of at least 4 members (excludes halogenated alkanes) is 6. The summed E-state index contributed by atoms with van der Waals surface area (Å²) in [5, 5.41) is 36.4. The Hall–Kier alpha value is -5.85. The Kier molecular flexibility index (Phi) is 23.9. The van der Waals surface area contributed by atoms with Gasteiger partial charge in [0, 0.05) is 37.7 Å². The smallest absolute Gasteiger partial charge is 0.247 e. The van der Waals surface area contributed by atoms with Crippen LogP contribution in [0.3, 0.4) is 0 Å². The van der Waals surface area contributed by atoms with Gasteiger partial charge in [0.25, 0.3) is 0 Å². The number of hydrogen-bond acceptors (Lipinski definition) is 14. The van der Waals surface area contributed by atoms with Gasteiger partial charge in [0.05, 0.1) is 24.7 Å². The molecule has 1 heterocycles. The summed E-state index contributed by atoms with van der Waals surface area (Å²) in [6.45, 7) is 4.98. The first-order chi connectivity index (χ1) is 31.7. The number of ether oxygens (including phenoxy) is 2. The lowest BCUT2D eigenvalue weighted by Crippen LogP contribution is -2.58. The molecule has 0 aliphatic carbocycles. The van der Waals surface area contributed by atoms with Crippen LogP contribution >= 0.6 is 0 Å². The van der Waals surface area contributed by atoms with Gasteiger partial charge in [-0.1, -0.05) is 57.6 Å². The maximum atomic E-state index is 14.5. The molecule has 4 bridgehead atoms. The van der Waals surface area contributed by atoms with Gasteiger partial charge in [0.2, 0.25) is 35.4 Å². The van der Waals surface area contributed by atoms with Crippen LogP contribution in [-0.2, 0) is 35.2 Å². The highest BCUT2D eigenvalue weighted by atomic mass is 16.5. The molecule has 0 fully saturated rings. The summed E-state index contributed by atoms with van der Waals surface area (Å²) >= 11 is 0. The van der Waals surface area contributed by atoms with Gasteiger partial charge in [0.1, 0.15) is 55.6 Å². The van der Waals surface area contributed by atoms with Crippen LogP contribution in [0.15, 0.2) is 36.4 Å². The second-order valence-corrected chi connectivity index (χ2v) is 16.3. The molecule has 0 aromatic heterocycles. The molecule has 20 heteroatoms. The zero-order chi connectivity index (χ0) is 48.6. The molecule has 0 spiro atoms. The van der Waals surface area contributed by atoms with E-state index in [0.717, 1.165) is 30.6 Å². The molecule has 2 aromatic carbocycles. The fourth-order valence-corrected chi connectivity index (χ4v) is 7.41. The molecule has 0 saturated heterocycles. The molecule has 0 radical (unpaired) electrons. The second kappa shape index (κ2) is 28.9. The third-order valence-electron chi connectivity index (χ3n) is 11.0. The highest BCUT2D eigenvalue weighted by molar-refractivity contribution is 5.95. The topological polar surface area (TPSA) is 318 Å². The van der Waals surface area contributed by atoms with Crippen molar-refractivity contribution < 1.29 is 43.3 Å². The zero-order valence-corrected chi connectivity index (χ0v) is 38.8.